The summed E-state index contributed by atoms with van der Waals surface area (Å²) in [5.41, 5.74) is 2.55. The van der Waals surface area contributed by atoms with E-state index in [2.05, 4.69) is 5.32 Å². The molecule has 0 aliphatic carbocycles. The quantitative estimate of drug-likeness (QED) is 0.474. The molecule has 0 saturated carbocycles. The van der Waals surface area contributed by atoms with Crippen LogP contribution in [0.2, 0.25) is 0 Å². The number of esters is 1. The van der Waals surface area contributed by atoms with E-state index in [4.69, 9.17) is 14.7 Å². The van der Waals surface area contributed by atoms with Crippen LogP contribution in [0.5, 0.6) is 5.75 Å². The zero-order chi connectivity index (χ0) is 19.1. The van der Waals surface area contributed by atoms with Gasteiger partial charge in [-0.25, -0.2) is 4.79 Å². The van der Waals surface area contributed by atoms with Crippen molar-refractivity contribution in [2.75, 3.05) is 19.0 Å². The van der Waals surface area contributed by atoms with Crippen molar-refractivity contribution >= 4 is 29.3 Å². The van der Waals surface area contributed by atoms with Gasteiger partial charge in [0, 0.05) is 10.6 Å². The number of para-hydroxylation sites is 1. The Balaban J connectivity index is 2.01. The van der Waals surface area contributed by atoms with E-state index in [1.165, 1.54) is 7.11 Å². The number of carbonyl (C=O) groups is 2. The molecule has 0 aliphatic heterocycles. The number of amides is 1. The van der Waals surface area contributed by atoms with Crippen LogP contribution in [0.25, 0.3) is 0 Å². The van der Waals surface area contributed by atoms with Gasteiger partial charge < -0.3 is 14.8 Å². The summed E-state index contributed by atoms with van der Waals surface area (Å²) in [5, 5.41) is 13.5. The smallest absolute Gasteiger partial charge is 0.342 e. The van der Waals surface area contributed by atoms with Crippen LogP contribution < -0.4 is 10.1 Å². The second-order valence-electron chi connectivity index (χ2n) is 5.45. The molecular weight excluding hydrogens is 352 g/mol. The van der Waals surface area contributed by atoms with Crippen LogP contribution in [-0.2, 0) is 9.53 Å². The summed E-state index contributed by atoms with van der Waals surface area (Å²) in [6.45, 7) is 3.26. The highest BCUT2D eigenvalue weighted by molar-refractivity contribution is 8.03. The van der Waals surface area contributed by atoms with E-state index in [0.717, 1.165) is 27.8 Å². The molecule has 2 aromatic carbocycles. The summed E-state index contributed by atoms with van der Waals surface area (Å²) in [6, 6.07) is 10.3. The number of aryl methyl sites for hydroxylation is 2. The summed E-state index contributed by atoms with van der Waals surface area (Å²) in [7, 11) is 1.46. The molecular formula is C19H18N2O4S. The van der Waals surface area contributed by atoms with Crippen molar-refractivity contribution in [2.24, 2.45) is 0 Å². The van der Waals surface area contributed by atoms with Gasteiger partial charge in [0.05, 0.1) is 7.11 Å². The molecule has 0 atom stereocenters. The molecule has 7 heteroatoms. The van der Waals surface area contributed by atoms with Crippen molar-refractivity contribution < 1.29 is 19.1 Å². The van der Waals surface area contributed by atoms with Crippen molar-refractivity contribution in [3.8, 4) is 11.2 Å². The number of nitrogens with one attached hydrogen (secondary N) is 1. The fourth-order valence-corrected chi connectivity index (χ4v) is 3.01. The number of nitriles is 1. The summed E-state index contributed by atoms with van der Waals surface area (Å²) >= 11 is 1.06. The third-order valence-corrected chi connectivity index (χ3v) is 4.16. The van der Waals surface area contributed by atoms with Crippen LogP contribution in [0.1, 0.15) is 21.5 Å². The molecule has 6 nitrogen and oxygen atoms in total. The number of ether oxygens (including phenoxy) is 2. The van der Waals surface area contributed by atoms with E-state index < -0.39 is 18.5 Å². The van der Waals surface area contributed by atoms with Crippen molar-refractivity contribution in [2.45, 2.75) is 18.7 Å². The highest BCUT2D eigenvalue weighted by atomic mass is 32.2. The minimum Gasteiger partial charge on any atom is -0.496 e. The first kappa shape index (κ1) is 19.3. The number of hydrogen-bond donors (Lipinski definition) is 1. The van der Waals surface area contributed by atoms with E-state index in [9.17, 15) is 9.59 Å². The maximum absolute atomic E-state index is 12.1. The molecule has 0 aliphatic rings. The standard InChI is InChI=1S/C19H18N2O4S/c1-12-8-14(26-11-20)9-13(2)18(12)21-17(22)10-25-19(23)15-6-4-5-7-16(15)24-3/h4-9H,10H2,1-3H3,(H,21,22). The lowest BCUT2D eigenvalue weighted by atomic mass is 10.1. The minimum atomic E-state index is -0.633. The molecule has 0 fully saturated rings. The van der Waals surface area contributed by atoms with Gasteiger partial charge >= 0.3 is 5.97 Å². The van der Waals surface area contributed by atoms with Gasteiger partial charge in [-0.05, 0) is 61.0 Å². The maximum Gasteiger partial charge on any atom is 0.342 e. The molecule has 2 aromatic rings. The number of thioether (sulfide) groups is 1. The average molecular weight is 370 g/mol. The van der Waals surface area contributed by atoms with Crippen molar-refractivity contribution in [1.82, 2.24) is 0 Å². The summed E-state index contributed by atoms with van der Waals surface area (Å²) in [6.07, 6.45) is 0. The summed E-state index contributed by atoms with van der Waals surface area (Å²) in [4.78, 5) is 25.1. The van der Waals surface area contributed by atoms with E-state index in [0.29, 0.717) is 11.4 Å². The topological polar surface area (TPSA) is 88.4 Å². The monoisotopic (exact) mass is 370 g/mol. The summed E-state index contributed by atoms with van der Waals surface area (Å²) < 4.78 is 10.2. The lowest BCUT2D eigenvalue weighted by Crippen LogP contribution is -2.22. The molecule has 0 aromatic heterocycles. The Labute approximate surface area is 156 Å². The molecule has 0 bridgehead atoms. The molecule has 0 heterocycles. The van der Waals surface area contributed by atoms with Gasteiger partial charge in [-0.2, -0.15) is 5.26 Å². The molecule has 0 saturated heterocycles. The van der Waals surface area contributed by atoms with E-state index in [1.54, 1.807) is 24.3 Å². The van der Waals surface area contributed by atoms with Gasteiger partial charge in [0.1, 0.15) is 16.7 Å². The largest absolute Gasteiger partial charge is 0.496 e. The number of benzene rings is 2. The number of thiocyanates is 1. The van der Waals surface area contributed by atoms with Crippen molar-refractivity contribution in [1.29, 1.82) is 5.26 Å². The van der Waals surface area contributed by atoms with Crippen LogP contribution in [0.15, 0.2) is 41.3 Å². The first-order chi connectivity index (χ1) is 12.5. The Morgan fingerprint density at radius 1 is 1.19 bits per heavy atom. The fourth-order valence-electron chi connectivity index (χ4n) is 2.43. The van der Waals surface area contributed by atoms with Crippen LogP contribution in [0.4, 0.5) is 5.69 Å². The molecule has 0 radical (unpaired) electrons. The third kappa shape index (κ3) is 4.77. The number of carbonyl (C=O) groups excluding carboxylic acids is 2. The van der Waals surface area contributed by atoms with Gasteiger partial charge in [-0.3, -0.25) is 4.79 Å². The second-order valence-corrected chi connectivity index (χ2v) is 6.31. The van der Waals surface area contributed by atoms with E-state index >= 15 is 0 Å². The molecule has 1 amide bonds. The Morgan fingerprint density at radius 3 is 2.46 bits per heavy atom. The van der Waals surface area contributed by atoms with Gasteiger partial charge in [-0.1, -0.05) is 12.1 Å². The molecule has 134 valence electrons. The highest BCUT2D eigenvalue weighted by Gasteiger charge is 2.16. The van der Waals surface area contributed by atoms with Crippen LogP contribution in [-0.4, -0.2) is 25.6 Å². The fraction of sp³-hybridized carbons (Fsp3) is 0.211. The van der Waals surface area contributed by atoms with Crippen LogP contribution >= 0.6 is 11.8 Å². The van der Waals surface area contributed by atoms with Crippen LogP contribution in [0, 0.1) is 24.5 Å². The number of hydrogen-bond acceptors (Lipinski definition) is 6. The van der Waals surface area contributed by atoms with Crippen LogP contribution in [0.3, 0.4) is 0 Å². The Morgan fingerprint density at radius 2 is 1.85 bits per heavy atom. The number of rotatable bonds is 6. The zero-order valence-electron chi connectivity index (χ0n) is 14.7. The minimum absolute atomic E-state index is 0.257. The lowest BCUT2D eigenvalue weighted by Gasteiger charge is -2.13. The van der Waals surface area contributed by atoms with Gasteiger partial charge in [0.15, 0.2) is 6.61 Å². The van der Waals surface area contributed by atoms with E-state index in [-0.39, 0.29) is 5.56 Å². The van der Waals surface area contributed by atoms with Gasteiger partial charge in [0.2, 0.25) is 0 Å². The van der Waals surface area contributed by atoms with E-state index in [1.807, 2.05) is 31.4 Å². The lowest BCUT2D eigenvalue weighted by molar-refractivity contribution is -0.119. The number of nitrogens with zero attached hydrogens (tertiary/aromatic N) is 1. The zero-order valence-corrected chi connectivity index (χ0v) is 15.5. The normalized spacial score (nSPS) is 9.92. The Bertz CT molecular complexity index is 851. The predicted octanol–water partition coefficient (Wildman–Crippen LogP) is 3.68. The second kappa shape index (κ2) is 8.92. The molecule has 1 N–H and O–H groups in total. The van der Waals surface area contributed by atoms with Crippen molar-refractivity contribution in [3.05, 3.63) is 53.1 Å². The Kier molecular flexibility index (Phi) is 6.64. The SMILES string of the molecule is COc1ccccc1C(=O)OCC(=O)Nc1c(C)cc(SC#N)cc1C. The summed E-state index contributed by atoms with van der Waals surface area (Å²) in [5.74, 6) is -0.692. The third-order valence-electron chi connectivity index (χ3n) is 3.60. The predicted molar refractivity (Wildman–Crippen MR) is 99.3 cm³/mol. The van der Waals surface area contributed by atoms with Gasteiger partial charge in [-0.15, -0.1) is 0 Å². The molecule has 26 heavy (non-hydrogen) atoms. The number of methoxy groups -OCH3 is 1. The molecule has 2 rings (SSSR count). The molecule has 0 spiro atoms. The number of anilines is 1. The van der Waals surface area contributed by atoms with Gasteiger partial charge in [0.25, 0.3) is 5.91 Å². The highest BCUT2D eigenvalue weighted by Crippen LogP contribution is 2.27. The first-order valence-corrected chi connectivity index (χ1v) is 8.55. The average Bonchev–Trinajstić information content (AvgIpc) is 2.63. The maximum atomic E-state index is 12.1. The van der Waals surface area contributed by atoms with Crippen molar-refractivity contribution in [3.63, 3.8) is 0 Å². The Hall–Kier alpha value is -2.98. The first-order valence-electron chi connectivity index (χ1n) is 7.73. The molecule has 0 unspecified atom stereocenters.